The Bertz CT molecular complexity index is 993. The van der Waals surface area contributed by atoms with Crippen LogP contribution in [-0.2, 0) is 4.74 Å². The second kappa shape index (κ2) is 7.44. The summed E-state index contributed by atoms with van der Waals surface area (Å²) in [6.45, 7) is 4.77. The molecule has 0 N–H and O–H groups in total. The standard InChI is InChI=1S/C20H19F2N3O2S/c1-12-10-24(11-13(2)27-12)20(26)16-9-18(19-4-3-7-28-19)25(23-16)17-6-5-14(21)8-15(17)22/h3-9,12-13H,10-11H2,1-2H3/t12-,13-/m0/s1. The van der Waals surface area contributed by atoms with Crippen molar-refractivity contribution in [2.45, 2.75) is 26.1 Å². The first kappa shape index (κ1) is 18.8. The summed E-state index contributed by atoms with van der Waals surface area (Å²) in [5.41, 5.74) is 0.888. The minimum absolute atomic E-state index is 0.0684. The molecule has 3 aromatic rings. The molecule has 3 heterocycles. The predicted molar refractivity (Wildman–Crippen MR) is 103 cm³/mol. The average Bonchev–Trinajstić information content (AvgIpc) is 3.30. The maximum absolute atomic E-state index is 14.4. The van der Waals surface area contributed by atoms with E-state index >= 15 is 0 Å². The number of nitrogens with zero attached hydrogens (tertiary/aromatic N) is 3. The fraction of sp³-hybridized carbons (Fsp3) is 0.300. The lowest BCUT2D eigenvalue weighted by Gasteiger charge is -2.34. The van der Waals surface area contributed by atoms with E-state index < -0.39 is 11.6 Å². The highest BCUT2D eigenvalue weighted by atomic mass is 32.1. The van der Waals surface area contributed by atoms with Crippen LogP contribution >= 0.6 is 11.3 Å². The molecule has 0 spiro atoms. The van der Waals surface area contributed by atoms with Crippen molar-refractivity contribution in [2.24, 2.45) is 0 Å². The number of benzene rings is 1. The fourth-order valence-electron chi connectivity index (χ4n) is 3.43. The normalized spacial score (nSPS) is 19.8. The number of morpholine rings is 1. The van der Waals surface area contributed by atoms with Crippen LogP contribution in [0, 0.1) is 11.6 Å². The van der Waals surface area contributed by atoms with Crippen LogP contribution in [0.5, 0.6) is 0 Å². The molecule has 0 aliphatic carbocycles. The van der Waals surface area contributed by atoms with Crippen molar-refractivity contribution in [2.75, 3.05) is 13.1 Å². The topological polar surface area (TPSA) is 47.4 Å². The second-order valence-electron chi connectivity index (χ2n) is 6.87. The van der Waals surface area contributed by atoms with Gasteiger partial charge < -0.3 is 9.64 Å². The van der Waals surface area contributed by atoms with Crippen LogP contribution in [0.2, 0.25) is 0 Å². The zero-order chi connectivity index (χ0) is 19.8. The summed E-state index contributed by atoms with van der Waals surface area (Å²) < 4.78 is 34.8. The van der Waals surface area contributed by atoms with Crippen LogP contribution in [0.25, 0.3) is 16.3 Å². The number of halogens is 2. The first-order valence-corrected chi connectivity index (χ1v) is 9.84. The number of rotatable bonds is 3. The molecule has 5 nitrogen and oxygen atoms in total. The molecule has 1 fully saturated rings. The largest absolute Gasteiger partial charge is 0.372 e. The van der Waals surface area contributed by atoms with Gasteiger partial charge in [0.25, 0.3) is 5.91 Å². The van der Waals surface area contributed by atoms with Crippen molar-refractivity contribution < 1.29 is 18.3 Å². The van der Waals surface area contributed by atoms with Gasteiger partial charge in [-0.3, -0.25) is 4.79 Å². The van der Waals surface area contributed by atoms with Gasteiger partial charge >= 0.3 is 0 Å². The molecule has 4 rings (SSSR count). The smallest absolute Gasteiger partial charge is 0.274 e. The minimum Gasteiger partial charge on any atom is -0.372 e. The maximum atomic E-state index is 14.4. The van der Waals surface area contributed by atoms with E-state index in [1.54, 1.807) is 11.0 Å². The molecule has 0 bridgehead atoms. The predicted octanol–water partition coefficient (Wildman–Crippen LogP) is 4.13. The lowest BCUT2D eigenvalue weighted by molar-refractivity contribution is -0.0587. The molecule has 1 aliphatic heterocycles. The number of thiophene rings is 1. The molecular weight excluding hydrogens is 384 g/mol. The zero-order valence-corrected chi connectivity index (χ0v) is 16.2. The summed E-state index contributed by atoms with van der Waals surface area (Å²) in [5.74, 6) is -1.65. The molecule has 28 heavy (non-hydrogen) atoms. The number of amides is 1. The highest BCUT2D eigenvalue weighted by Gasteiger charge is 2.29. The Morgan fingerprint density at radius 1 is 1.18 bits per heavy atom. The van der Waals surface area contributed by atoms with Gasteiger partial charge in [0.05, 0.1) is 22.8 Å². The summed E-state index contributed by atoms with van der Waals surface area (Å²) in [7, 11) is 0. The van der Waals surface area contributed by atoms with Crippen LogP contribution in [-0.4, -0.2) is 45.9 Å². The monoisotopic (exact) mass is 403 g/mol. The highest BCUT2D eigenvalue weighted by molar-refractivity contribution is 7.13. The summed E-state index contributed by atoms with van der Waals surface area (Å²) in [6, 6.07) is 8.69. The van der Waals surface area contributed by atoms with Crippen molar-refractivity contribution >= 4 is 17.2 Å². The van der Waals surface area contributed by atoms with Crippen molar-refractivity contribution in [3.05, 3.63) is 59.1 Å². The first-order chi connectivity index (χ1) is 13.4. The Morgan fingerprint density at radius 2 is 1.93 bits per heavy atom. The number of hydrogen-bond acceptors (Lipinski definition) is 4. The number of hydrogen-bond donors (Lipinski definition) is 0. The lowest BCUT2D eigenvalue weighted by atomic mass is 10.2. The maximum Gasteiger partial charge on any atom is 0.274 e. The van der Waals surface area contributed by atoms with Gasteiger partial charge in [-0.15, -0.1) is 11.3 Å². The van der Waals surface area contributed by atoms with Crippen molar-refractivity contribution in [1.82, 2.24) is 14.7 Å². The molecule has 1 aromatic carbocycles. The second-order valence-corrected chi connectivity index (χ2v) is 7.81. The highest BCUT2D eigenvalue weighted by Crippen LogP contribution is 2.29. The fourth-order valence-corrected chi connectivity index (χ4v) is 4.15. The van der Waals surface area contributed by atoms with E-state index in [9.17, 15) is 13.6 Å². The van der Waals surface area contributed by atoms with Gasteiger partial charge in [-0.05, 0) is 43.5 Å². The van der Waals surface area contributed by atoms with Gasteiger partial charge in [-0.2, -0.15) is 5.10 Å². The number of carbonyl (C=O) groups excluding carboxylic acids is 1. The molecule has 0 radical (unpaired) electrons. The summed E-state index contributed by atoms with van der Waals surface area (Å²) in [6.07, 6.45) is -0.137. The third-order valence-corrected chi connectivity index (χ3v) is 5.44. The third kappa shape index (κ3) is 3.57. The summed E-state index contributed by atoms with van der Waals surface area (Å²) >= 11 is 1.45. The van der Waals surface area contributed by atoms with E-state index in [-0.39, 0.29) is 29.5 Å². The van der Waals surface area contributed by atoms with Gasteiger partial charge in [0.2, 0.25) is 0 Å². The molecule has 8 heteroatoms. The van der Waals surface area contributed by atoms with Crippen LogP contribution in [0.1, 0.15) is 24.3 Å². The molecule has 1 aliphatic rings. The van der Waals surface area contributed by atoms with Crippen molar-refractivity contribution in [1.29, 1.82) is 0 Å². The molecule has 0 unspecified atom stereocenters. The molecular formula is C20H19F2N3O2S. The molecule has 1 amide bonds. The lowest BCUT2D eigenvalue weighted by Crippen LogP contribution is -2.48. The third-order valence-electron chi connectivity index (χ3n) is 4.55. The Kier molecular flexibility index (Phi) is 4.99. The first-order valence-electron chi connectivity index (χ1n) is 8.96. The SMILES string of the molecule is C[C@H]1CN(C(=O)c2cc(-c3cccs3)n(-c3ccc(F)cc3F)n2)C[C@H](C)O1. The molecule has 146 valence electrons. The average molecular weight is 403 g/mol. The number of ether oxygens (including phenoxy) is 1. The van der Waals surface area contributed by atoms with Crippen molar-refractivity contribution in [3.8, 4) is 16.3 Å². The van der Waals surface area contributed by atoms with E-state index in [4.69, 9.17) is 4.74 Å². The Balaban J connectivity index is 1.77. The minimum atomic E-state index is -0.742. The van der Waals surface area contributed by atoms with E-state index in [2.05, 4.69) is 5.10 Å². The van der Waals surface area contributed by atoms with E-state index in [1.807, 2.05) is 31.4 Å². The molecule has 0 saturated carbocycles. The summed E-state index contributed by atoms with van der Waals surface area (Å²) in [5, 5.41) is 6.27. The molecule has 1 saturated heterocycles. The number of aromatic nitrogens is 2. The van der Waals surface area contributed by atoms with Gasteiger partial charge in [0.15, 0.2) is 11.5 Å². The van der Waals surface area contributed by atoms with Crippen LogP contribution in [0.3, 0.4) is 0 Å². The number of carbonyl (C=O) groups is 1. The zero-order valence-electron chi connectivity index (χ0n) is 15.4. The van der Waals surface area contributed by atoms with Gasteiger partial charge in [-0.1, -0.05) is 6.07 Å². The van der Waals surface area contributed by atoms with Gasteiger partial charge in [-0.25, -0.2) is 13.5 Å². The quantitative estimate of drug-likeness (QED) is 0.661. The molecule has 2 atom stereocenters. The van der Waals surface area contributed by atoms with Gasteiger partial charge in [0.1, 0.15) is 11.5 Å². The van der Waals surface area contributed by atoms with Crippen LogP contribution < -0.4 is 0 Å². The Labute approximate surface area is 165 Å². The Morgan fingerprint density at radius 3 is 2.57 bits per heavy atom. The Hall–Kier alpha value is -2.58. The molecule has 2 aromatic heterocycles. The van der Waals surface area contributed by atoms with Crippen LogP contribution in [0.15, 0.2) is 41.8 Å². The van der Waals surface area contributed by atoms with E-state index in [0.29, 0.717) is 18.8 Å². The van der Waals surface area contributed by atoms with Crippen molar-refractivity contribution in [3.63, 3.8) is 0 Å². The van der Waals surface area contributed by atoms with Crippen LogP contribution in [0.4, 0.5) is 8.78 Å². The van der Waals surface area contributed by atoms with E-state index in [1.165, 1.54) is 28.2 Å². The summed E-state index contributed by atoms with van der Waals surface area (Å²) in [4.78, 5) is 15.6. The van der Waals surface area contributed by atoms with E-state index in [0.717, 1.165) is 10.9 Å². The van der Waals surface area contributed by atoms with Gasteiger partial charge in [0, 0.05) is 19.2 Å².